The van der Waals surface area contributed by atoms with Crippen LogP contribution < -0.4 is 10.6 Å². The van der Waals surface area contributed by atoms with Gasteiger partial charge < -0.3 is 10.6 Å². The highest BCUT2D eigenvalue weighted by Crippen LogP contribution is 2.34. The minimum atomic E-state index is -1.67. The molecule has 0 spiro atoms. The molecule has 2 heterocycles. The average Bonchev–Trinajstić information content (AvgIpc) is 3.27. The molecule has 1 unspecified atom stereocenters. The lowest BCUT2D eigenvalue weighted by Crippen LogP contribution is -2.49. The number of hydrogen-bond donors (Lipinski definition) is 2. The summed E-state index contributed by atoms with van der Waals surface area (Å²) >= 11 is 1.71. The summed E-state index contributed by atoms with van der Waals surface area (Å²) in [6, 6.07) is 9.24. The van der Waals surface area contributed by atoms with E-state index in [-0.39, 0.29) is 5.91 Å². The van der Waals surface area contributed by atoms with Gasteiger partial charge in [0.25, 0.3) is 0 Å². The van der Waals surface area contributed by atoms with Crippen molar-refractivity contribution in [3.05, 3.63) is 58.9 Å². The Labute approximate surface area is 192 Å². The summed E-state index contributed by atoms with van der Waals surface area (Å²) in [4.78, 5) is 31.3. The number of carbonyl (C=O) groups is 2. The Balaban J connectivity index is 1.25. The minimum absolute atomic E-state index is 0.339. The van der Waals surface area contributed by atoms with Gasteiger partial charge in [-0.2, -0.15) is 0 Å². The number of nitrogens with one attached hydrogen (secondary N) is 2. The van der Waals surface area contributed by atoms with E-state index in [0.29, 0.717) is 12.0 Å². The molecule has 10 heteroatoms. The molecule has 174 valence electrons. The lowest BCUT2D eigenvalue weighted by atomic mass is 9.96. The van der Waals surface area contributed by atoms with Crippen LogP contribution in [0.4, 0.5) is 18.9 Å². The molecule has 0 radical (unpaired) electrons. The van der Waals surface area contributed by atoms with Crippen LogP contribution in [0, 0.1) is 17.5 Å². The van der Waals surface area contributed by atoms with Crippen molar-refractivity contribution in [1.29, 1.82) is 0 Å². The second kappa shape index (κ2) is 9.88. The summed E-state index contributed by atoms with van der Waals surface area (Å²) in [5, 5.41) is 5.76. The summed E-state index contributed by atoms with van der Waals surface area (Å²) in [7, 11) is 0. The molecule has 1 aliphatic rings. The number of rotatable bonds is 6. The molecule has 0 saturated carbocycles. The SMILES string of the molecule is CC(C(=O)NCC(=O)Nc1ccc(F)c(F)c1F)N1CCC(c2nc3ccccc3s2)CC1. The second-order valence-electron chi connectivity index (χ2n) is 7.99. The van der Waals surface area contributed by atoms with Gasteiger partial charge in [0.1, 0.15) is 0 Å². The van der Waals surface area contributed by atoms with Crippen molar-refractivity contribution in [3.8, 4) is 0 Å². The van der Waals surface area contributed by atoms with Crippen LogP contribution in [-0.2, 0) is 9.59 Å². The molecule has 0 aliphatic carbocycles. The third kappa shape index (κ3) is 5.17. The summed E-state index contributed by atoms with van der Waals surface area (Å²) in [6.45, 7) is 2.80. The molecule has 1 fully saturated rings. The average molecular weight is 477 g/mol. The van der Waals surface area contributed by atoms with Gasteiger partial charge in [0, 0.05) is 5.92 Å². The van der Waals surface area contributed by atoms with Crippen LogP contribution >= 0.6 is 11.3 Å². The van der Waals surface area contributed by atoms with Crippen LogP contribution in [0.25, 0.3) is 10.2 Å². The molecule has 2 aromatic carbocycles. The van der Waals surface area contributed by atoms with E-state index in [1.807, 2.05) is 23.1 Å². The first kappa shape index (κ1) is 23.2. The van der Waals surface area contributed by atoms with Crippen molar-refractivity contribution in [2.75, 3.05) is 25.0 Å². The molecule has 1 atom stereocenters. The number of aromatic nitrogens is 1. The molecule has 2 N–H and O–H groups in total. The zero-order chi connectivity index (χ0) is 23.5. The maximum Gasteiger partial charge on any atom is 0.243 e. The Morgan fingerprint density at radius 3 is 2.58 bits per heavy atom. The van der Waals surface area contributed by atoms with Crippen molar-refractivity contribution in [1.82, 2.24) is 15.2 Å². The van der Waals surface area contributed by atoms with Crippen LogP contribution in [-0.4, -0.2) is 47.4 Å². The first-order valence-corrected chi connectivity index (χ1v) is 11.5. The number of benzene rings is 2. The van der Waals surface area contributed by atoms with Gasteiger partial charge in [-0.3, -0.25) is 14.5 Å². The fourth-order valence-electron chi connectivity index (χ4n) is 3.90. The smallest absolute Gasteiger partial charge is 0.243 e. The van der Waals surface area contributed by atoms with E-state index in [0.717, 1.165) is 42.5 Å². The maximum absolute atomic E-state index is 13.7. The number of anilines is 1. The van der Waals surface area contributed by atoms with Crippen molar-refractivity contribution in [2.24, 2.45) is 0 Å². The zero-order valence-corrected chi connectivity index (χ0v) is 18.7. The van der Waals surface area contributed by atoms with Crippen LogP contribution in [0.5, 0.6) is 0 Å². The Hall–Kier alpha value is -2.98. The van der Waals surface area contributed by atoms with Crippen molar-refractivity contribution in [3.63, 3.8) is 0 Å². The normalized spacial score (nSPS) is 16.0. The number of thiazole rings is 1. The van der Waals surface area contributed by atoms with E-state index in [1.54, 1.807) is 18.3 Å². The summed E-state index contributed by atoms with van der Waals surface area (Å²) in [5.74, 6) is -5.23. The number of nitrogens with zero attached hydrogens (tertiary/aromatic N) is 2. The highest BCUT2D eigenvalue weighted by Gasteiger charge is 2.29. The lowest BCUT2D eigenvalue weighted by molar-refractivity contribution is -0.128. The second-order valence-corrected chi connectivity index (χ2v) is 9.06. The fourth-order valence-corrected chi connectivity index (χ4v) is 5.03. The van der Waals surface area contributed by atoms with E-state index in [1.165, 1.54) is 4.70 Å². The van der Waals surface area contributed by atoms with Gasteiger partial charge in [-0.1, -0.05) is 12.1 Å². The molecule has 2 amide bonds. The van der Waals surface area contributed by atoms with Gasteiger partial charge in [-0.25, -0.2) is 18.2 Å². The number of amides is 2. The Kier molecular flexibility index (Phi) is 6.94. The van der Waals surface area contributed by atoms with Crippen LogP contribution in [0.15, 0.2) is 36.4 Å². The van der Waals surface area contributed by atoms with Crippen LogP contribution in [0.3, 0.4) is 0 Å². The topological polar surface area (TPSA) is 74.3 Å². The highest BCUT2D eigenvalue weighted by molar-refractivity contribution is 7.18. The maximum atomic E-state index is 13.7. The monoisotopic (exact) mass is 476 g/mol. The number of carbonyl (C=O) groups excluding carboxylic acids is 2. The fraction of sp³-hybridized carbons (Fsp3) is 0.348. The standard InChI is InChI=1S/C23H23F3N4O2S/c1-13(22(32)27-12-19(31)28-17-7-6-15(24)20(25)21(17)26)30-10-8-14(9-11-30)23-29-16-4-2-3-5-18(16)33-23/h2-7,13-14H,8-12H2,1H3,(H,27,32)(H,28,31). The van der Waals surface area contributed by atoms with E-state index in [2.05, 4.69) is 16.7 Å². The molecule has 4 rings (SSSR count). The molecule has 3 aromatic rings. The first-order valence-electron chi connectivity index (χ1n) is 10.6. The number of hydrogen-bond acceptors (Lipinski definition) is 5. The van der Waals surface area contributed by atoms with Gasteiger partial charge in [0.2, 0.25) is 11.8 Å². The molecule has 1 aliphatic heterocycles. The summed E-state index contributed by atoms with van der Waals surface area (Å²) in [6.07, 6.45) is 1.76. The molecular formula is C23H23F3N4O2S. The molecule has 0 bridgehead atoms. The molecule has 6 nitrogen and oxygen atoms in total. The third-order valence-corrected chi connectivity index (χ3v) is 7.05. The molecule has 1 aromatic heterocycles. The minimum Gasteiger partial charge on any atom is -0.346 e. The number of piperidine rings is 1. The van der Waals surface area contributed by atoms with Crippen molar-refractivity contribution >= 4 is 39.1 Å². The number of fused-ring (bicyclic) bond motifs is 1. The van der Waals surface area contributed by atoms with Gasteiger partial charge in [-0.15, -0.1) is 11.3 Å². The highest BCUT2D eigenvalue weighted by atomic mass is 32.1. The van der Waals surface area contributed by atoms with E-state index < -0.39 is 41.6 Å². The first-order chi connectivity index (χ1) is 15.8. The van der Waals surface area contributed by atoms with Gasteiger partial charge in [0.05, 0.1) is 33.5 Å². The molecule has 1 saturated heterocycles. The van der Waals surface area contributed by atoms with Crippen LogP contribution in [0.2, 0.25) is 0 Å². The molecular weight excluding hydrogens is 453 g/mol. The third-order valence-electron chi connectivity index (χ3n) is 5.85. The number of halogens is 3. The lowest BCUT2D eigenvalue weighted by Gasteiger charge is -2.34. The molecule has 33 heavy (non-hydrogen) atoms. The number of para-hydroxylation sites is 1. The predicted octanol–water partition coefficient (Wildman–Crippen LogP) is 4.04. The zero-order valence-electron chi connectivity index (χ0n) is 17.9. The van der Waals surface area contributed by atoms with Gasteiger partial charge >= 0.3 is 0 Å². The summed E-state index contributed by atoms with van der Waals surface area (Å²) in [5.41, 5.74) is 0.521. The summed E-state index contributed by atoms with van der Waals surface area (Å²) < 4.78 is 41.1. The Bertz CT molecular complexity index is 1140. The van der Waals surface area contributed by atoms with Gasteiger partial charge in [-0.05, 0) is 57.1 Å². The van der Waals surface area contributed by atoms with Crippen molar-refractivity contribution < 1.29 is 22.8 Å². The largest absolute Gasteiger partial charge is 0.346 e. The van der Waals surface area contributed by atoms with Crippen molar-refractivity contribution in [2.45, 2.75) is 31.7 Å². The quantitative estimate of drug-likeness (QED) is 0.527. The Morgan fingerprint density at radius 1 is 1.12 bits per heavy atom. The van der Waals surface area contributed by atoms with E-state index >= 15 is 0 Å². The number of likely N-dealkylation sites (tertiary alicyclic amines) is 1. The van der Waals surface area contributed by atoms with E-state index in [9.17, 15) is 22.8 Å². The predicted molar refractivity (Wildman–Crippen MR) is 121 cm³/mol. The Morgan fingerprint density at radius 2 is 1.85 bits per heavy atom. The van der Waals surface area contributed by atoms with Gasteiger partial charge in [0.15, 0.2) is 17.5 Å². The van der Waals surface area contributed by atoms with E-state index in [4.69, 9.17) is 4.98 Å². The van der Waals surface area contributed by atoms with Crippen LogP contribution in [0.1, 0.15) is 30.7 Å².